The van der Waals surface area contributed by atoms with Crippen molar-refractivity contribution in [2.24, 2.45) is 0 Å². The first-order chi connectivity index (χ1) is 46.4. The van der Waals surface area contributed by atoms with Crippen molar-refractivity contribution in [3.8, 4) is 0 Å². The van der Waals surface area contributed by atoms with Crippen LogP contribution in [0.2, 0.25) is 0 Å². The molecule has 9 fully saturated rings. The maximum Gasteiger partial charge on any atom is 0.540 e. The lowest BCUT2D eigenvalue weighted by atomic mass is 10.4. The second kappa shape index (κ2) is 34.7. The number of carbonyl (C=O) groups is 1. The normalized spacial score (nSPS) is 30.0. The van der Waals surface area contributed by atoms with E-state index in [1.807, 2.05) is 0 Å². The number of hydrogen-bond donors (Lipinski definition) is 0. The predicted octanol–water partition coefficient (Wildman–Crippen LogP) is -7.75. The average molecular weight is 1930 g/mol. The molecule has 634 valence electrons. The van der Waals surface area contributed by atoms with Crippen LogP contribution in [0.4, 0.5) is 13.6 Å². The molecule has 55 nitrogen and oxygen atoms in total. The molecule has 0 unspecified atom stereocenters. The molecule has 75 heteroatoms. The van der Waals surface area contributed by atoms with E-state index >= 15 is 0 Å². The Morgan fingerprint density at radius 2 is 0.500 bits per heavy atom. The van der Waals surface area contributed by atoms with Gasteiger partial charge in [-0.3, -0.25) is 25.1 Å². The third-order valence-electron chi connectivity index (χ3n) is 10.2. The highest BCUT2D eigenvalue weighted by molar-refractivity contribution is 8.08. The minimum Gasteiger partial charge on any atom is -0.310 e. The van der Waals surface area contributed by atoms with Gasteiger partial charge in [-0.1, -0.05) is 0 Å². The molecule has 0 saturated carbocycles. The lowest BCUT2D eigenvalue weighted by molar-refractivity contribution is -0.0815. The highest BCUT2D eigenvalue weighted by Gasteiger charge is 2.63. The van der Waals surface area contributed by atoms with Crippen LogP contribution < -0.4 is 0 Å². The molecule has 106 heavy (non-hydrogen) atoms. The summed E-state index contributed by atoms with van der Waals surface area (Å²) in [6, 6.07) is 0. The van der Waals surface area contributed by atoms with Gasteiger partial charge in [-0.05, 0) is 68.7 Å². The number of hydrogen-bond acceptors (Lipinski definition) is 55. The molecule has 9 rings (SSSR count). The largest absolute Gasteiger partial charge is 0.540 e. The lowest BCUT2D eigenvalue weighted by Crippen LogP contribution is -2.54. The molecule has 9 aliphatic heterocycles. The van der Waals surface area contributed by atoms with Gasteiger partial charge in [0.2, 0.25) is 38.2 Å². The highest BCUT2D eigenvalue weighted by Crippen LogP contribution is 2.39. The predicted molar refractivity (Wildman–Crippen MR) is 329 cm³/mol. The maximum atomic E-state index is 12.3. The third-order valence-corrected chi connectivity index (χ3v) is 43.4. The zero-order chi connectivity index (χ0) is 84.0. The van der Waals surface area contributed by atoms with Crippen molar-refractivity contribution in [2.75, 3.05) is 85.4 Å². The number of rotatable bonds is 0. The van der Waals surface area contributed by atoms with Crippen LogP contribution in [0.5, 0.6) is 0 Å². The van der Waals surface area contributed by atoms with Crippen molar-refractivity contribution in [2.45, 2.75) is 97.6 Å². The Bertz CT molecular complexity index is 5030. The van der Waals surface area contributed by atoms with Crippen LogP contribution in [0.15, 0.2) is 0 Å². The number of alkyl halides is 2. The van der Waals surface area contributed by atoms with Crippen LogP contribution >= 0.6 is 0 Å². The van der Waals surface area contributed by atoms with E-state index in [1.54, 1.807) is 0 Å². The monoisotopic (exact) mass is 1920 g/mol. The van der Waals surface area contributed by atoms with E-state index in [0.29, 0.717) is 0 Å². The molecular weight excluding hydrogens is 1870 g/mol. The van der Waals surface area contributed by atoms with Crippen LogP contribution in [0, 0.1) is 0 Å². The van der Waals surface area contributed by atoms with Crippen LogP contribution in [0.1, 0.15) is 68.7 Å². The number of carbonyl (C=O) groups excluding carboxylic acids is 1. The SMILES string of the molecule is CC1(C)OS(=O)(=O)C(C)(C)S(=O)(=O)O1.CC1(C)OS(=O)(=O)CS(=O)(=O)O1.CC1(C)S(=O)(=O)OCOS1(=O)=O.CC1S(=O)(=O)OCCOS1(=O)=O.O=C1OS(=O)(=O)CS(=O)(=O)O1.O=S1(=O)CS(=O)(=O)OCCCO1.O=S1(=O)CS(=O)(=O)OCCO1.O=S1(=O)CS(=O)(=O)OCO1.O=S1(=O)OCOS(=O)(=O)C1(F)F. The minimum atomic E-state index is -5.41. The quantitative estimate of drug-likeness (QED) is 0.203. The molecule has 0 N–H and O–H groups in total. The van der Waals surface area contributed by atoms with E-state index in [0.717, 1.165) is 34.6 Å². The van der Waals surface area contributed by atoms with E-state index in [4.69, 9.17) is 0 Å². The van der Waals surface area contributed by atoms with E-state index in [9.17, 15) is 165 Å². The summed E-state index contributed by atoms with van der Waals surface area (Å²) < 4.78 is 474. The van der Waals surface area contributed by atoms with Gasteiger partial charge in [-0.25, -0.2) is 46.6 Å². The first-order valence-corrected chi connectivity index (χ1v) is 52.6. The summed E-state index contributed by atoms with van der Waals surface area (Å²) in [5.41, 5.74) is 0. The van der Waals surface area contributed by atoms with Crippen molar-refractivity contribution in [1.29, 1.82) is 0 Å². The van der Waals surface area contributed by atoms with Crippen molar-refractivity contribution in [1.82, 2.24) is 0 Å². The first kappa shape index (κ1) is 102. The van der Waals surface area contributed by atoms with E-state index in [-0.39, 0.29) is 46.1 Å². The Morgan fingerprint density at radius 3 is 0.764 bits per heavy atom. The van der Waals surface area contributed by atoms with E-state index in [2.05, 4.69) is 75.3 Å². The molecule has 0 amide bonds. The Morgan fingerprint density at radius 1 is 0.274 bits per heavy atom. The highest BCUT2D eigenvalue weighted by atomic mass is 32.3. The van der Waals surface area contributed by atoms with Gasteiger partial charge in [0.15, 0.2) is 32.0 Å². The Hall–Kier alpha value is -2.41. The Labute approximate surface area is 606 Å². The van der Waals surface area contributed by atoms with E-state index in [1.165, 1.54) is 27.7 Å². The molecule has 9 saturated heterocycles. The smallest absolute Gasteiger partial charge is 0.310 e. The summed E-state index contributed by atoms with van der Waals surface area (Å²) in [4.78, 5) is 10.1. The zero-order valence-corrected chi connectivity index (χ0v) is 68.4. The van der Waals surface area contributed by atoms with Crippen molar-refractivity contribution in [3.05, 3.63) is 0 Å². The van der Waals surface area contributed by atoms with Crippen LogP contribution in [0.3, 0.4) is 0 Å². The van der Waals surface area contributed by atoms with Gasteiger partial charge in [0.05, 0.1) is 39.6 Å². The fraction of sp³-hybridized carbons (Fsp3) is 0.968. The van der Waals surface area contributed by atoms with Crippen molar-refractivity contribution in [3.63, 3.8) is 0 Å². The molecule has 0 aromatic heterocycles. The third kappa shape index (κ3) is 31.9. The Kier molecular flexibility index (Phi) is 33.3. The van der Waals surface area contributed by atoms with Gasteiger partial charge >= 0.3 is 51.2 Å². The second-order valence-electron chi connectivity index (χ2n) is 20.6. The molecule has 0 atom stereocenters. The molecule has 9 heterocycles. The first-order valence-electron chi connectivity index (χ1n) is 25.4. The maximum absolute atomic E-state index is 12.3. The molecule has 0 aromatic carbocycles. The topological polar surface area (TPSA) is 798 Å². The van der Waals surface area contributed by atoms with Gasteiger partial charge in [-0.2, -0.15) is 160 Å². The molecule has 0 radical (unpaired) electrons. The molecule has 0 aromatic rings. The number of halogens is 2. The summed E-state index contributed by atoms with van der Waals surface area (Å²) in [6.45, 7) is 6.09. The van der Waals surface area contributed by atoms with Crippen molar-refractivity contribution >= 4 is 188 Å². The molecule has 0 bridgehead atoms. The summed E-state index contributed by atoms with van der Waals surface area (Å²) in [5, 5.41) is -5.74. The summed E-state index contributed by atoms with van der Waals surface area (Å²) in [7, 11) is -75.6. The van der Waals surface area contributed by atoms with E-state index < -0.39 is 263 Å². The van der Waals surface area contributed by atoms with Gasteiger partial charge in [-0.15, -0.1) is 0 Å². The molecule has 9 aliphatic rings. The van der Waals surface area contributed by atoms with Crippen LogP contribution in [-0.2, 0) is 257 Å². The summed E-state index contributed by atoms with van der Waals surface area (Å²) in [5.74, 6) is -3.30. The lowest BCUT2D eigenvalue weighted by Gasteiger charge is -2.36. The minimum absolute atomic E-state index is 0.0299. The molecule has 0 aliphatic carbocycles. The fourth-order valence-electron chi connectivity index (χ4n) is 5.42. The summed E-state index contributed by atoms with van der Waals surface area (Å²) >= 11 is 0. The second-order valence-corrected chi connectivity index (χ2v) is 55.3. The zero-order valence-electron chi connectivity index (χ0n) is 53.7. The van der Waals surface area contributed by atoms with Gasteiger partial charge < -0.3 is 8.37 Å². The Balaban J connectivity index is 0.000000597. The van der Waals surface area contributed by atoms with Gasteiger partial charge in [0.25, 0.3) is 142 Å². The van der Waals surface area contributed by atoms with Crippen LogP contribution in [0.25, 0.3) is 0 Å². The summed E-state index contributed by atoms with van der Waals surface area (Å²) in [6.07, 6.45) is -1.49. The fourth-order valence-corrected chi connectivity index (χ4v) is 28.1. The standard InChI is InChI=1S/C6H12O6S2.4C4H8O6S2.C3H6O6S2.C2H2F2O6S2.C2H2O7S2.C2H4O6S2/c1-5(2)11-13(7,8)6(3,4)14(9,10)12-5;1-4(2)9-11(5,6)3-12(7,8)10-4;1-4(2)11(5,6)9-3-10-12(4,7)8;1-4-11(5,6)9-2-3-10-12(4,7)8;5-11(6)4-12(7,8)10-3-1-2-9-11;4-10(5)3-11(6,7)9-2-1-8-10;3-2(4)11(5,6)9-1-10-12(2,7)8;3-2-8-10(4,5)1-11(6,7)9-2;3-9(4)2-10(5,6)8-1-7-9/h1-4H3;2*3H2,1-2H3;4H,2-3H2,1H3;1-4H2;1-3H2;1H2;1H2;1-2H2. The van der Waals surface area contributed by atoms with Gasteiger partial charge in [0.1, 0.15) is 0 Å². The molecule has 0 spiro atoms. The van der Waals surface area contributed by atoms with Crippen LogP contribution in [-0.4, -0.2) is 272 Å². The molecular formula is C31H58F2O55S18. The average Bonchev–Trinajstić information content (AvgIpc) is 0.817. The van der Waals surface area contributed by atoms with Crippen molar-refractivity contribution < 1.29 is 240 Å². The van der Waals surface area contributed by atoms with Gasteiger partial charge in [0, 0.05) is 0 Å².